The van der Waals surface area contributed by atoms with Gasteiger partial charge in [0.1, 0.15) is 11.6 Å². The Morgan fingerprint density at radius 2 is 2.06 bits per heavy atom. The van der Waals surface area contributed by atoms with Gasteiger partial charge in [-0.05, 0) is 42.9 Å². The number of halogens is 2. The largest absolute Gasteiger partial charge is 0.481 e. The highest BCUT2D eigenvalue weighted by Crippen LogP contribution is 2.45. The molecule has 0 aromatic heterocycles. The molecule has 1 unspecified atom stereocenters. The maximum atomic E-state index is 13.7. The van der Waals surface area contributed by atoms with Gasteiger partial charge in [0.05, 0.1) is 6.42 Å². The van der Waals surface area contributed by atoms with Crippen LogP contribution in [0.25, 0.3) is 0 Å². The van der Waals surface area contributed by atoms with Crippen LogP contribution in [0.15, 0.2) is 12.1 Å². The molecule has 0 heterocycles. The summed E-state index contributed by atoms with van der Waals surface area (Å²) in [7, 11) is 0. The summed E-state index contributed by atoms with van der Waals surface area (Å²) in [6, 6.07) is 2.29. The van der Waals surface area contributed by atoms with Gasteiger partial charge in [-0.1, -0.05) is 0 Å². The fraction of sp³-hybridized carbons (Fsp3) is 0.462. The SMILES string of the molecule is Cc1cc(C(CC(=O)O)C2CC2)c(F)cc1F. The number of hydrogen-bond donors (Lipinski definition) is 1. The van der Waals surface area contributed by atoms with E-state index >= 15 is 0 Å². The van der Waals surface area contributed by atoms with Crippen molar-refractivity contribution in [1.29, 1.82) is 0 Å². The first-order chi connectivity index (χ1) is 7.99. The molecule has 2 rings (SSSR count). The molecular weight excluding hydrogens is 226 g/mol. The maximum Gasteiger partial charge on any atom is 0.303 e. The second-order valence-corrected chi connectivity index (χ2v) is 4.66. The van der Waals surface area contributed by atoms with E-state index in [9.17, 15) is 13.6 Å². The molecule has 1 aliphatic rings. The van der Waals surface area contributed by atoms with E-state index in [1.54, 1.807) is 6.92 Å². The minimum atomic E-state index is -0.941. The van der Waals surface area contributed by atoms with Gasteiger partial charge < -0.3 is 5.11 Å². The van der Waals surface area contributed by atoms with Crippen LogP contribution in [0.3, 0.4) is 0 Å². The number of carboxylic acids is 1. The number of carboxylic acid groups (broad SMARTS) is 1. The molecule has 1 fully saturated rings. The van der Waals surface area contributed by atoms with E-state index in [4.69, 9.17) is 5.11 Å². The minimum absolute atomic E-state index is 0.0906. The van der Waals surface area contributed by atoms with Crippen LogP contribution in [0.4, 0.5) is 8.78 Å². The third-order valence-corrected chi connectivity index (χ3v) is 3.26. The molecule has 0 radical (unpaired) electrons. The molecule has 2 nitrogen and oxygen atoms in total. The van der Waals surface area contributed by atoms with Gasteiger partial charge in [0, 0.05) is 12.0 Å². The molecule has 17 heavy (non-hydrogen) atoms. The molecule has 1 aromatic rings. The molecule has 0 saturated heterocycles. The summed E-state index contributed by atoms with van der Waals surface area (Å²) in [6.07, 6.45) is 1.76. The second-order valence-electron chi connectivity index (χ2n) is 4.66. The Labute approximate surface area is 98.3 Å². The first-order valence-corrected chi connectivity index (χ1v) is 5.66. The Hall–Kier alpha value is -1.45. The molecule has 0 aliphatic heterocycles. The first kappa shape index (κ1) is 12.0. The molecule has 0 bridgehead atoms. The van der Waals surface area contributed by atoms with Crippen LogP contribution in [0, 0.1) is 24.5 Å². The van der Waals surface area contributed by atoms with Crippen molar-refractivity contribution >= 4 is 5.97 Å². The summed E-state index contributed by atoms with van der Waals surface area (Å²) in [4.78, 5) is 10.8. The number of benzene rings is 1. The lowest BCUT2D eigenvalue weighted by Crippen LogP contribution is -2.11. The number of carbonyl (C=O) groups is 1. The summed E-state index contributed by atoms with van der Waals surface area (Å²) in [6.45, 7) is 1.56. The van der Waals surface area contributed by atoms with E-state index in [-0.39, 0.29) is 18.3 Å². The zero-order valence-electron chi connectivity index (χ0n) is 9.54. The van der Waals surface area contributed by atoms with Gasteiger partial charge in [-0.2, -0.15) is 0 Å². The van der Waals surface area contributed by atoms with Crippen molar-refractivity contribution in [2.75, 3.05) is 0 Å². The molecule has 0 spiro atoms. The van der Waals surface area contributed by atoms with Crippen molar-refractivity contribution in [2.24, 2.45) is 5.92 Å². The van der Waals surface area contributed by atoms with Gasteiger partial charge in [0.2, 0.25) is 0 Å². The lowest BCUT2D eigenvalue weighted by molar-refractivity contribution is -0.137. The third-order valence-electron chi connectivity index (χ3n) is 3.26. The number of aryl methyl sites for hydroxylation is 1. The van der Waals surface area contributed by atoms with Crippen molar-refractivity contribution in [3.05, 3.63) is 34.9 Å². The van der Waals surface area contributed by atoms with Gasteiger partial charge in [0.25, 0.3) is 0 Å². The van der Waals surface area contributed by atoms with Crippen LogP contribution >= 0.6 is 0 Å². The number of rotatable bonds is 4. The molecule has 4 heteroatoms. The van der Waals surface area contributed by atoms with Gasteiger partial charge in [0.15, 0.2) is 0 Å². The third kappa shape index (κ3) is 2.62. The average molecular weight is 240 g/mol. The molecule has 1 atom stereocenters. The lowest BCUT2D eigenvalue weighted by Gasteiger charge is -2.16. The smallest absolute Gasteiger partial charge is 0.303 e. The first-order valence-electron chi connectivity index (χ1n) is 5.66. The van der Waals surface area contributed by atoms with Crippen LogP contribution in [-0.4, -0.2) is 11.1 Å². The molecule has 0 amide bonds. The molecule has 1 aliphatic carbocycles. The number of hydrogen-bond acceptors (Lipinski definition) is 1. The van der Waals surface area contributed by atoms with Gasteiger partial charge in [-0.3, -0.25) is 4.79 Å². The highest BCUT2D eigenvalue weighted by Gasteiger charge is 2.35. The highest BCUT2D eigenvalue weighted by atomic mass is 19.1. The summed E-state index contributed by atoms with van der Waals surface area (Å²) in [5.74, 6) is -2.26. The van der Waals surface area contributed by atoms with E-state index in [0.717, 1.165) is 18.9 Å². The van der Waals surface area contributed by atoms with Crippen LogP contribution < -0.4 is 0 Å². The van der Waals surface area contributed by atoms with Crippen molar-refractivity contribution in [3.63, 3.8) is 0 Å². The fourth-order valence-electron chi connectivity index (χ4n) is 2.18. The molecule has 1 N–H and O–H groups in total. The van der Waals surface area contributed by atoms with Crippen LogP contribution in [-0.2, 0) is 4.79 Å². The van der Waals surface area contributed by atoms with E-state index in [2.05, 4.69) is 0 Å². The van der Waals surface area contributed by atoms with Crippen molar-refractivity contribution in [2.45, 2.75) is 32.1 Å². The second kappa shape index (κ2) is 4.43. The fourth-order valence-corrected chi connectivity index (χ4v) is 2.18. The Morgan fingerprint density at radius 1 is 1.41 bits per heavy atom. The summed E-state index contributed by atoms with van der Waals surface area (Å²) in [5, 5.41) is 8.84. The maximum absolute atomic E-state index is 13.7. The van der Waals surface area contributed by atoms with E-state index in [0.29, 0.717) is 11.1 Å². The van der Waals surface area contributed by atoms with E-state index in [1.807, 2.05) is 0 Å². The Bertz CT molecular complexity index is 453. The molecular formula is C13H14F2O2. The predicted octanol–water partition coefficient (Wildman–Crippen LogP) is 3.24. The van der Waals surface area contributed by atoms with Gasteiger partial charge in [-0.15, -0.1) is 0 Å². The van der Waals surface area contributed by atoms with Crippen molar-refractivity contribution < 1.29 is 18.7 Å². The zero-order chi connectivity index (χ0) is 12.6. The summed E-state index contributed by atoms with van der Waals surface area (Å²) >= 11 is 0. The molecule has 1 aromatic carbocycles. The van der Waals surface area contributed by atoms with E-state index in [1.165, 1.54) is 6.07 Å². The van der Waals surface area contributed by atoms with Crippen LogP contribution in [0.1, 0.15) is 36.3 Å². The predicted molar refractivity (Wildman–Crippen MR) is 58.8 cm³/mol. The highest BCUT2D eigenvalue weighted by molar-refractivity contribution is 5.68. The monoisotopic (exact) mass is 240 g/mol. The van der Waals surface area contributed by atoms with Crippen molar-refractivity contribution in [3.8, 4) is 0 Å². The minimum Gasteiger partial charge on any atom is -0.481 e. The lowest BCUT2D eigenvalue weighted by atomic mass is 9.89. The van der Waals surface area contributed by atoms with Gasteiger partial charge in [-0.25, -0.2) is 8.78 Å². The standard InChI is InChI=1S/C13H14F2O2/c1-7-4-10(12(15)6-11(7)14)9(5-13(16)17)8-2-3-8/h4,6,8-9H,2-3,5H2,1H3,(H,16,17). The van der Waals surface area contributed by atoms with Crippen molar-refractivity contribution in [1.82, 2.24) is 0 Å². The molecule has 1 saturated carbocycles. The quantitative estimate of drug-likeness (QED) is 0.877. The summed E-state index contributed by atoms with van der Waals surface area (Å²) < 4.78 is 26.8. The summed E-state index contributed by atoms with van der Waals surface area (Å²) in [5.41, 5.74) is 0.700. The zero-order valence-corrected chi connectivity index (χ0v) is 9.54. The van der Waals surface area contributed by atoms with E-state index < -0.39 is 17.6 Å². The Kier molecular flexibility index (Phi) is 3.13. The Morgan fingerprint density at radius 3 is 2.59 bits per heavy atom. The number of aliphatic carboxylic acids is 1. The van der Waals surface area contributed by atoms with Crippen LogP contribution in [0.2, 0.25) is 0 Å². The topological polar surface area (TPSA) is 37.3 Å². The Balaban J connectivity index is 2.35. The molecule has 92 valence electrons. The van der Waals surface area contributed by atoms with Crippen LogP contribution in [0.5, 0.6) is 0 Å². The van der Waals surface area contributed by atoms with Gasteiger partial charge >= 0.3 is 5.97 Å². The normalized spacial score (nSPS) is 16.9. The average Bonchev–Trinajstić information content (AvgIpc) is 3.04.